The van der Waals surface area contributed by atoms with Crippen LogP contribution >= 0.6 is 0 Å². The van der Waals surface area contributed by atoms with Crippen molar-refractivity contribution in [3.63, 3.8) is 0 Å². The quantitative estimate of drug-likeness (QED) is 0.0529. The van der Waals surface area contributed by atoms with Crippen molar-refractivity contribution in [2.24, 2.45) is 23.7 Å². The molecule has 0 bridgehead atoms. The third kappa shape index (κ3) is 18.0. The van der Waals surface area contributed by atoms with Crippen LogP contribution in [0.2, 0.25) is 0 Å². The number of amides is 5. The lowest BCUT2D eigenvalue weighted by molar-refractivity contribution is -0.229. The smallest absolute Gasteiger partial charge is 0.410 e. The van der Waals surface area contributed by atoms with Crippen LogP contribution in [0.25, 0.3) is 11.1 Å². The zero-order chi connectivity index (χ0) is 65.3. The van der Waals surface area contributed by atoms with Crippen molar-refractivity contribution in [1.29, 1.82) is 0 Å². The number of carbonyl (C=O) groups is 5. The van der Waals surface area contributed by atoms with Gasteiger partial charge >= 0.3 is 6.09 Å². The van der Waals surface area contributed by atoms with E-state index in [1.165, 1.54) is 55.4 Å². The predicted molar refractivity (Wildman–Crippen MR) is 356 cm³/mol. The lowest BCUT2D eigenvalue weighted by Crippen LogP contribution is -2.60. The van der Waals surface area contributed by atoms with E-state index in [0.29, 0.717) is 44.9 Å². The highest BCUT2D eigenvalue weighted by Crippen LogP contribution is 2.45. The number of hydrogen-bond donors (Lipinski definition) is 2. The average molecular weight is 1250 g/mol. The molecule has 498 valence electrons. The molecule has 2 aliphatic carbocycles. The van der Waals surface area contributed by atoms with E-state index in [1.54, 1.807) is 33.2 Å². The average Bonchev–Trinajstić information content (AvgIpc) is 1.79. The van der Waals surface area contributed by atoms with E-state index in [2.05, 4.69) is 59.2 Å². The fraction of sp³-hybridized carbons (Fsp3) is 0.613. The fourth-order valence-corrected chi connectivity index (χ4v) is 14.8. The van der Waals surface area contributed by atoms with Crippen LogP contribution in [0.3, 0.4) is 0 Å². The Balaban J connectivity index is 0.859. The zero-order valence-electron chi connectivity index (χ0n) is 56.6. The molecule has 4 aromatic rings. The molecule has 8 rings (SSSR count). The standard InChI is InChI=1S/C75H107N5O11/c1-13-50(6)69(78(9)74(84)67(48(2)3)77-73(83)68(49(4)5)79(10)75(85)89-47-62-60-35-24-22-33-58(60)59-34-23-25-36-61(59)62)64(86-11)44-65(81)80-43-27-37-63(80)70(87-12)51(7)72(82)76-52(8)71(56-30-20-17-21-31-56)91-66-38-26-32-57(90-66)46-88-45-53-39-41-55(42-40-53)54-28-18-15-14-16-19-29-54/h17,20-25,30-31,33-36,39-42,48-52,54,57,62-64,66-71H,13-16,18-19,26-29,32,37-38,43-47H2,1-12H3,(H,76,82)(H,77,83)/t50-,51+,52+,57?,63-,64+,66?,67-,68-,69-,70+,71+/m0/s1. The van der Waals surface area contributed by atoms with Crippen molar-refractivity contribution in [2.75, 3.05) is 48.1 Å². The molecule has 2 N–H and O–H groups in total. The second kappa shape index (κ2) is 34.1. The Morgan fingerprint density at radius 2 is 1.30 bits per heavy atom. The molecule has 0 aromatic heterocycles. The number of carbonyl (C=O) groups excluding carboxylic acids is 5. The number of likely N-dealkylation sites (N-methyl/N-ethyl adjacent to an activating group) is 2. The first-order valence-corrected chi connectivity index (χ1v) is 34.2. The number of fused-ring (bicyclic) bond motifs is 3. The summed E-state index contributed by atoms with van der Waals surface area (Å²) in [4.78, 5) is 77.4. The van der Waals surface area contributed by atoms with Gasteiger partial charge in [0.15, 0.2) is 6.29 Å². The van der Waals surface area contributed by atoms with Crippen molar-refractivity contribution >= 4 is 29.7 Å². The van der Waals surface area contributed by atoms with E-state index < -0.39 is 72.7 Å². The molecule has 16 heteroatoms. The molecule has 0 spiro atoms. The number of benzene rings is 4. The van der Waals surface area contributed by atoms with Gasteiger partial charge < -0.3 is 48.9 Å². The molecular formula is C75H107N5O11. The molecule has 0 radical (unpaired) electrons. The van der Waals surface area contributed by atoms with Gasteiger partial charge in [-0.25, -0.2) is 4.79 Å². The summed E-state index contributed by atoms with van der Waals surface area (Å²) in [6, 6.07) is 31.8. The first kappa shape index (κ1) is 70.7. The Kier molecular flexibility index (Phi) is 26.5. The van der Waals surface area contributed by atoms with Gasteiger partial charge in [0, 0.05) is 40.8 Å². The highest BCUT2D eigenvalue weighted by molar-refractivity contribution is 5.92. The second-order valence-electron chi connectivity index (χ2n) is 27.1. The number of methoxy groups -OCH3 is 2. The number of nitrogens with zero attached hydrogens (tertiary/aromatic N) is 3. The molecule has 5 amide bonds. The monoisotopic (exact) mass is 1250 g/mol. The number of nitrogens with one attached hydrogen (secondary N) is 2. The van der Waals surface area contributed by atoms with Crippen LogP contribution in [-0.4, -0.2) is 147 Å². The molecule has 2 aliphatic heterocycles. The summed E-state index contributed by atoms with van der Waals surface area (Å²) in [6.45, 7) is 16.9. The summed E-state index contributed by atoms with van der Waals surface area (Å²) in [5, 5.41) is 6.32. The Labute approximate surface area is 543 Å². The molecule has 2 unspecified atom stereocenters. The van der Waals surface area contributed by atoms with Crippen LogP contribution in [0.1, 0.15) is 191 Å². The molecule has 91 heavy (non-hydrogen) atoms. The number of likely N-dealkylation sites (tertiary alicyclic amines) is 1. The molecule has 4 aromatic carbocycles. The summed E-state index contributed by atoms with van der Waals surface area (Å²) in [5.74, 6) is -2.15. The molecule has 2 saturated heterocycles. The van der Waals surface area contributed by atoms with E-state index in [9.17, 15) is 24.0 Å². The number of hydrogen-bond acceptors (Lipinski definition) is 11. The van der Waals surface area contributed by atoms with Gasteiger partial charge in [-0.3, -0.25) is 24.1 Å². The minimum Gasteiger partial charge on any atom is -0.448 e. The summed E-state index contributed by atoms with van der Waals surface area (Å²) >= 11 is 0. The normalized spacial score (nSPS) is 21.0. The summed E-state index contributed by atoms with van der Waals surface area (Å²) < 4.78 is 38.0. The Hall–Kier alpha value is -6.17. The lowest BCUT2D eigenvalue weighted by Gasteiger charge is -2.41. The third-order valence-corrected chi connectivity index (χ3v) is 20.1. The van der Waals surface area contributed by atoms with Crippen LogP contribution in [-0.2, 0) is 54.2 Å². The first-order valence-electron chi connectivity index (χ1n) is 34.2. The van der Waals surface area contributed by atoms with Gasteiger partial charge in [0.05, 0.1) is 62.0 Å². The Morgan fingerprint density at radius 3 is 1.91 bits per heavy atom. The highest BCUT2D eigenvalue weighted by Gasteiger charge is 2.44. The van der Waals surface area contributed by atoms with Crippen LogP contribution in [0.15, 0.2) is 103 Å². The van der Waals surface area contributed by atoms with Gasteiger partial charge in [0.25, 0.3) is 0 Å². The first-order chi connectivity index (χ1) is 43.8. The minimum absolute atomic E-state index is 0.0345. The van der Waals surface area contributed by atoms with Crippen LogP contribution < -0.4 is 10.6 Å². The SMILES string of the molecule is CC[C@H](C)[C@@H]([C@@H](CC(=O)N1CCC[C@H]1[C@H](OC)[C@@H](C)C(=O)N[C@H](C)[C@@H](OC1CCCC(COCc2ccc(C3CCCCCCC3)cc2)O1)c1ccccc1)OC)N(C)C(=O)[C@@H](NC(=O)[C@H](C(C)C)N(C)C(=O)OCC1c2ccccc2-c2ccccc21)C(C)C. The van der Waals surface area contributed by atoms with Crippen molar-refractivity contribution in [1.82, 2.24) is 25.3 Å². The minimum atomic E-state index is -0.970. The molecule has 16 nitrogen and oxygen atoms in total. The van der Waals surface area contributed by atoms with E-state index in [0.717, 1.165) is 52.6 Å². The van der Waals surface area contributed by atoms with Gasteiger partial charge in [0.1, 0.15) is 24.8 Å². The molecule has 12 atom stereocenters. The number of rotatable bonds is 29. The molecule has 3 fully saturated rings. The molecular weight excluding hydrogens is 1150 g/mol. The van der Waals surface area contributed by atoms with E-state index >= 15 is 0 Å². The van der Waals surface area contributed by atoms with Crippen LogP contribution in [0, 0.1) is 23.7 Å². The third-order valence-electron chi connectivity index (χ3n) is 20.1. The second-order valence-corrected chi connectivity index (χ2v) is 27.1. The van der Waals surface area contributed by atoms with Crippen LogP contribution in [0.4, 0.5) is 4.79 Å². The maximum Gasteiger partial charge on any atom is 0.410 e. The van der Waals surface area contributed by atoms with Crippen molar-refractivity contribution < 1.29 is 52.4 Å². The van der Waals surface area contributed by atoms with Gasteiger partial charge in [0.2, 0.25) is 23.6 Å². The van der Waals surface area contributed by atoms with Crippen molar-refractivity contribution in [3.8, 4) is 11.1 Å². The Bertz CT molecular complexity index is 2910. The maximum atomic E-state index is 14.9. The molecule has 2 heterocycles. The fourth-order valence-electron chi connectivity index (χ4n) is 14.8. The maximum absolute atomic E-state index is 14.9. The van der Waals surface area contributed by atoms with E-state index in [1.807, 2.05) is 115 Å². The Morgan fingerprint density at radius 1 is 0.659 bits per heavy atom. The van der Waals surface area contributed by atoms with Crippen LogP contribution in [0.5, 0.6) is 0 Å². The summed E-state index contributed by atoms with van der Waals surface area (Å²) in [6.07, 6.45) is 10.6. The largest absolute Gasteiger partial charge is 0.448 e. The molecule has 1 saturated carbocycles. The summed E-state index contributed by atoms with van der Waals surface area (Å²) in [5.41, 5.74) is 7.92. The van der Waals surface area contributed by atoms with E-state index in [4.69, 9.17) is 28.4 Å². The van der Waals surface area contributed by atoms with Gasteiger partial charge in [-0.05, 0) is 114 Å². The summed E-state index contributed by atoms with van der Waals surface area (Å²) in [7, 11) is 6.43. The van der Waals surface area contributed by atoms with E-state index in [-0.39, 0.29) is 60.5 Å². The molecule has 4 aliphatic rings. The number of ether oxygens (including phenoxy) is 6. The zero-order valence-corrected chi connectivity index (χ0v) is 56.6. The van der Waals surface area contributed by atoms with Crippen molar-refractivity contribution in [2.45, 2.75) is 225 Å². The predicted octanol–water partition coefficient (Wildman–Crippen LogP) is 13.2. The lowest BCUT2D eigenvalue weighted by atomic mass is 9.86. The topological polar surface area (TPSA) is 175 Å². The van der Waals surface area contributed by atoms with Gasteiger partial charge in [-0.2, -0.15) is 0 Å². The van der Waals surface area contributed by atoms with Crippen molar-refractivity contribution in [3.05, 3.63) is 131 Å². The van der Waals surface area contributed by atoms with Gasteiger partial charge in [-0.15, -0.1) is 0 Å². The van der Waals surface area contributed by atoms with Gasteiger partial charge in [-0.1, -0.05) is 190 Å². The highest BCUT2D eigenvalue weighted by atomic mass is 16.7.